The summed E-state index contributed by atoms with van der Waals surface area (Å²) < 4.78 is 5.91. The van der Waals surface area contributed by atoms with Crippen molar-refractivity contribution in [3.63, 3.8) is 0 Å². The van der Waals surface area contributed by atoms with E-state index < -0.39 is 0 Å². The Bertz CT molecular complexity index is 684. The van der Waals surface area contributed by atoms with Gasteiger partial charge in [-0.15, -0.1) is 0 Å². The number of carbonyl (C=O) groups is 1. The van der Waals surface area contributed by atoms with E-state index in [1.807, 2.05) is 55.5 Å². The Morgan fingerprint density at radius 2 is 2.09 bits per heavy atom. The lowest BCUT2D eigenvalue weighted by molar-refractivity contribution is 0.188. The number of nitrogens with one attached hydrogen (secondary N) is 1. The molecule has 0 spiro atoms. The maximum atomic E-state index is 12.7. The van der Waals surface area contributed by atoms with Crippen LogP contribution in [0, 0.1) is 6.92 Å². The Hall–Kier alpha value is -2.49. The van der Waals surface area contributed by atoms with E-state index >= 15 is 0 Å². The molecule has 0 saturated heterocycles. The summed E-state index contributed by atoms with van der Waals surface area (Å²) in [5, 5.41) is 2.97. The first-order valence-electron chi connectivity index (χ1n) is 7.58. The second-order valence-electron chi connectivity index (χ2n) is 5.53. The van der Waals surface area contributed by atoms with Crippen LogP contribution in [0.4, 0.5) is 16.2 Å². The number of nitrogens with zero attached hydrogens (tertiary/aromatic N) is 1. The van der Waals surface area contributed by atoms with Gasteiger partial charge in [0.1, 0.15) is 11.9 Å². The molecule has 0 saturated carbocycles. The van der Waals surface area contributed by atoms with E-state index in [0.717, 1.165) is 29.1 Å². The molecule has 22 heavy (non-hydrogen) atoms. The molecular formula is C18H20N2O2. The molecular weight excluding hydrogens is 276 g/mol. The number of rotatable bonds is 2. The van der Waals surface area contributed by atoms with Crippen molar-refractivity contribution in [2.24, 2.45) is 0 Å². The van der Waals surface area contributed by atoms with Crippen molar-refractivity contribution in [2.45, 2.75) is 26.4 Å². The van der Waals surface area contributed by atoms with Gasteiger partial charge in [-0.3, -0.25) is 4.90 Å². The molecule has 114 valence electrons. The quantitative estimate of drug-likeness (QED) is 0.902. The van der Waals surface area contributed by atoms with Crippen molar-refractivity contribution in [1.29, 1.82) is 0 Å². The van der Waals surface area contributed by atoms with Crippen LogP contribution in [-0.2, 0) is 0 Å². The van der Waals surface area contributed by atoms with Gasteiger partial charge >= 0.3 is 6.03 Å². The van der Waals surface area contributed by atoms with Crippen molar-refractivity contribution in [3.8, 4) is 5.75 Å². The third-order valence-electron chi connectivity index (χ3n) is 3.81. The van der Waals surface area contributed by atoms with Gasteiger partial charge in [-0.2, -0.15) is 0 Å². The number of fused-ring (bicyclic) bond motifs is 1. The number of carbonyl (C=O) groups excluding carboxylic acids is 1. The molecule has 1 atom stereocenters. The Balaban J connectivity index is 1.85. The minimum absolute atomic E-state index is 0.0261. The SMILES string of the molecule is CCC1CN(C(=O)Nc2cccc(C)c2)c2ccccc2O1. The van der Waals surface area contributed by atoms with E-state index in [-0.39, 0.29) is 12.1 Å². The summed E-state index contributed by atoms with van der Waals surface area (Å²) >= 11 is 0. The average Bonchev–Trinajstić information content (AvgIpc) is 2.53. The second-order valence-corrected chi connectivity index (χ2v) is 5.53. The number of amides is 2. The van der Waals surface area contributed by atoms with E-state index in [9.17, 15) is 4.79 Å². The molecule has 4 nitrogen and oxygen atoms in total. The van der Waals surface area contributed by atoms with Crippen LogP contribution in [0.15, 0.2) is 48.5 Å². The molecule has 0 aliphatic carbocycles. The standard InChI is InChI=1S/C18H20N2O2/c1-3-15-12-20(16-9-4-5-10-17(16)22-15)18(21)19-14-8-6-7-13(2)11-14/h4-11,15H,3,12H2,1-2H3,(H,19,21). The van der Waals surface area contributed by atoms with Gasteiger partial charge in [0.25, 0.3) is 0 Å². The van der Waals surface area contributed by atoms with Gasteiger partial charge in [-0.25, -0.2) is 4.79 Å². The molecule has 1 aliphatic heterocycles. The van der Waals surface area contributed by atoms with Crippen LogP contribution >= 0.6 is 0 Å². The van der Waals surface area contributed by atoms with Gasteiger partial charge < -0.3 is 10.1 Å². The van der Waals surface area contributed by atoms with Gasteiger partial charge in [0.15, 0.2) is 0 Å². The second kappa shape index (κ2) is 6.10. The van der Waals surface area contributed by atoms with Crippen molar-refractivity contribution in [1.82, 2.24) is 0 Å². The summed E-state index contributed by atoms with van der Waals surface area (Å²) in [5.74, 6) is 0.764. The van der Waals surface area contributed by atoms with E-state index in [4.69, 9.17) is 4.74 Å². The summed E-state index contributed by atoms with van der Waals surface area (Å²) in [5.41, 5.74) is 2.74. The van der Waals surface area contributed by atoms with Crippen molar-refractivity contribution in [3.05, 3.63) is 54.1 Å². The first kappa shape index (κ1) is 14.4. The summed E-state index contributed by atoms with van der Waals surface area (Å²) in [4.78, 5) is 14.4. The molecule has 0 bridgehead atoms. The maximum absolute atomic E-state index is 12.7. The molecule has 1 aliphatic rings. The number of anilines is 2. The highest BCUT2D eigenvalue weighted by molar-refractivity contribution is 6.03. The number of ether oxygens (including phenoxy) is 1. The summed E-state index contributed by atoms with van der Waals surface area (Å²) in [6.07, 6.45) is 0.890. The van der Waals surface area contributed by atoms with Crippen molar-refractivity contribution >= 4 is 17.4 Å². The first-order valence-corrected chi connectivity index (χ1v) is 7.58. The lowest BCUT2D eigenvalue weighted by atomic mass is 10.1. The highest BCUT2D eigenvalue weighted by atomic mass is 16.5. The van der Waals surface area contributed by atoms with Crippen molar-refractivity contribution in [2.75, 3.05) is 16.8 Å². The van der Waals surface area contributed by atoms with E-state index in [0.29, 0.717) is 6.54 Å². The van der Waals surface area contributed by atoms with E-state index in [1.165, 1.54) is 0 Å². The molecule has 1 N–H and O–H groups in total. The average molecular weight is 296 g/mol. The molecule has 0 radical (unpaired) electrons. The van der Waals surface area contributed by atoms with Gasteiger partial charge in [0.05, 0.1) is 12.2 Å². The van der Waals surface area contributed by atoms with Crippen LogP contribution in [0.1, 0.15) is 18.9 Å². The lowest BCUT2D eigenvalue weighted by Gasteiger charge is -2.34. The van der Waals surface area contributed by atoms with E-state index in [2.05, 4.69) is 12.2 Å². The number of urea groups is 1. The zero-order valence-corrected chi connectivity index (χ0v) is 12.9. The normalized spacial score (nSPS) is 16.6. The molecule has 1 heterocycles. The third kappa shape index (κ3) is 2.91. The number of benzene rings is 2. The minimum Gasteiger partial charge on any atom is -0.486 e. The molecule has 2 aromatic carbocycles. The monoisotopic (exact) mass is 296 g/mol. The first-order chi connectivity index (χ1) is 10.7. The summed E-state index contributed by atoms with van der Waals surface area (Å²) in [6.45, 7) is 4.63. The Kier molecular flexibility index (Phi) is 4.00. The highest BCUT2D eigenvalue weighted by Gasteiger charge is 2.28. The van der Waals surface area contributed by atoms with Gasteiger partial charge in [0, 0.05) is 5.69 Å². The van der Waals surface area contributed by atoms with Crippen LogP contribution in [0.5, 0.6) is 5.75 Å². The maximum Gasteiger partial charge on any atom is 0.326 e. The van der Waals surface area contributed by atoms with Crippen LogP contribution in [-0.4, -0.2) is 18.7 Å². The van der Waals surface area contributed by atoms with Gasteiger partial charge in [0.2, 0.25) is 0 Å². The van der Waals surface area contributed by atoms with Crippen LogP contribution in [0.25, 0.3) is 0 Å². The Labute approximate surface area is 130 Å². The fourth-order valence-corrected chi connectivity index (χ4v) is 2.62. The summed E-state index contributed by atoms with van der Waals surface area (Å²) in [7, 11) is 0. The fourth-order valence-electron chi connectivity index (χ4n) is 2.62. The smallest absolute Gasteiger partial charge is 0.326 e. The molecule has 3 rings (SSSR count). The van der Waals surface area contributed by atoms with Gasteiger partial charge in [-0.05, 0) is 43.2 Å². The fraction of sp³-hybridized carbons (Fsp3) is 0.278. The van der Waals surface area contributed by atoms with E-state index in [1.54, 1.807) is 4.90 Å². The van der Waals surface area contributed by atoms with Crippen molar-refractivity contribution < 1.29 is 9.53 Å². The summed E-state index contributed by atoms with van der Waals surface area (Å²) in [6, 6.07) is 15.3. The zero-order chi connectivity index (χ0) is 15.5. The van der Waals surface area contributed by atoms with Crippen LogP contribution < -0.4 is 15.0 Å². The molecule has 2 aromatic rings. The highest BCUT2D eigenvalue weighted by Crippen LogP contribution is 2.34. The molecule has 2 amide bonds. The third-order valence-corrected chi connectivity index (χ3v) is 3.81. The minimum atomic E-state index is -0.125. The number of para-hydroxylation sites is 2. The Morgan fingerprint density at radius 3 is 2.86 bits per heavy atom. The molecule has 1 unspecified atom stereocenters. The van der Waals surface area contributed by atoms with Crippen LogP contribution in [0.3, 0.4) is 0 Å². The molecule has 4 heteroatoms. The Morgan fingerprint density at radius 1 is 1.27 bits per heavy atom. The topological polar surface area (TPSA) is 41.6 Å². The molecule has 0 aromatic heterocycles. The van der Waals surface area contributed by atoms with Crippen LogP contribution in [0.2, 0.25) is 0 Å². The number of hydrogen-bond acceptors (Lipinski definition) is 2. The number of aryl methyl sites for hydroxylation is 1. The van der Waals surface area contributed by atoms with Gasteiger partial charge in [-0.1, -0.05) is 31.2 Å². The number of hydrogen-bond donors (Lipinski definition) is 1. The lowest BCUT2D eigenvalue weighted by Crippen LogP contribution is -2.45. The predicted octanol–water partition coefficient (Wildman–Crippen LogP) is 4.20. The molecule has 0 fully saturated rings. The zero-order valence-electron chi connectivity index (χ0n) is 12.9. The predicted molar refractivity (Wildman–Crippen MR) is 88.7 cm³/mol. The largest absolute Gasteiger partial charge is 0.486 e.